The normalized spacial score (nSPS) is 11.2. The molecule has 0 aliphatic heterocycles. The van der Waals surface area contributed by atoms with Gasteiger partial charge in [0.25, 0.3) is 0 Å². The Kier molecular flexibility index (Phi) is 5.73. The number of carbonyl (C=O) groups is 1. The van der Waals surface area contributed by atoms with Crippen LogP contribution in [0.25, 0.3) is 0 Å². The number of aromatic nitrogens is 2. The standard InChI is InChI=1S/C14H25N5O/c1-5-7-10-17-11(16-8-6-2)9-12(18-10)19-14(3,4)13(15)20/h9H,5-8H2,1-4H3,(H2,15,20)(H2,16,17,18,19). The lowest BCUT2D eigenvalue weighted by molar-refractivity contribution is -0.121. The molecule has 6 heteroatoms. The van der Waals surface area contributed by atoms with Crippen LogP contribution in [-0.2, 0) is 11.2 Å². The van der Waals surface area contributed by atoms with Gasteiger partial charge in [-0.05, 0) is 26.7 Å². The molecule has 0 atom stereocenters. The quantitative estimate of drug-likeness (QED) is 0.676. The molecule has 0 radical (unpaired) electrons. The zero-order chi connectivity index (χ0) is 15.2. The van der Waals surface area contributed by atoms with E-state index >= 15 is 0 Å². The smallest absolute Gasteiger partial charge is 0.242 e. The Morgan fingerprint density at radius 3 is 2.45 bits per heavy atom. The molecule has 0 aromatic carbocycles. The van der Waals surface area contributed by atoms with E-state index in [2.05, 4.69) is 34.4 Å². The van der Waals surface area contributed by atoms with Gasteiger partial charge < -0.3 is 16.4 Å². The lowest BCUT2D eigenvalue weighted by Gasteiger charge is -2.23. The van der Waals surface area contributed by atoms with E-state index < -0.39 is 11.4 Å². The van der Waals surface area contributed by atoms with Crippen LogP contribution in [0.5, 0.6) is 0 Å². The minimum atomic E-state index is -0.847. The van der Waals surface area contributed by atoms with Crippen molar-refractivity contribution in [2.75, 3.05) is 17.2 Å². The van der Waals surface area contributed by atoms with Crippen LogP contribution < -0.4 is 16.4 Å². The minimum Gasteiger partial charge on any atom is -0.370 e. The average molecular weight is 279 g/mol. The van der Waals surface area contributed by atoms with Crippen LogP contribution in [0.2, 0.25) is 0 Å². The van der Waals surface area contributed by atoms with Gasteiger partial charge in [0.1, 0.15) is 23.0 Å². The Labute approximate surface area is 120 Å². The second kappa shape index (κ2) is 7.07. The molecule has 1 aromatic rings. The van der Waals surface area contributed by atoms with E-state index in [0.29, 0.717) is 5.82 Å². The van der Waals surface area contributed by atoms with Crippen LogP contribution in [-0.4, -0.2) is 28.0 Å². The third-order valence-electron chi connectivity index (χ3n) is 2.86. The first-order valence-electron chi connectivity index (χ1n) is 7.09. The molecule has 0 saturated heterocycles. The van der Waals surface area contributed by atoms with Gasteiger partial charge in [0.15, 0.2) is 0 Å². The fourth-order valence-corrected chi connectivity index (χ4v) is 1.62. The topological polar surface area (TPSA) is 92.9 Å². The molecule has 0 aliphatic carbocycles. The van der Waals surface area contributed by atoms with E-state index in [1.807, 2.05) is 0 Å². The summed E-state index contributed by atoms with van der Waals surface area (Å²) in [6.07, 6.45) is 2.78. The maximum atomic E-state index is 11.4. The Morgan fingerprint density at radius 1 is 1.25 bits per heavy atom. The van der Waals surface area contributed by atoms with Crippen molar-refractivity contribution in [1.82, 2.24) is 9.97 Å². The van der Waals surface area contributed by atoms with Crippen molar-refractivity contribution in [3.8, 4) is 0 Å². The molecule has 1 heterocycles. The van der Waals surface area contributed by atoms with Gasteiger partial charge in [0.05, 0.1) is 0 Å². The number of nitrogens with two attached hydrogens (primary N) is 1. The van der Waals surface area contributed by atoms with E-state index in [1.165, 1.54) is 0 Å². The largest absolute Gasteiger partial charge is 0.370 e. The zero-order valence-electron chi connectivity index (χ0n) is 12.8. The Bertz CT molecular complexity index is 459. The molecule has 0 aliphatic rings. The first kappa shape index (κ1) is 16.2. The summed E-state index contributed by atoms with van der Waals surface area (Å²) in [6.45, 7) is 8.49. The van der Waals surface area contributed by atoms with Crippen LogP contribution >= 0.6 is 0 Å². The number of anilines is 2. The third kappa shape index (κ3) is 4.68. The maximum absolute atomic E-state index is 11.4. The van der Waals surface area contributed by atoms with E-state index in [1.54, 1.807) is 19.9 Å². The molecule has 0 unspecified atom stereocenters. The highest BCUT2D eigenvalue weighted by atomic mass is 16.1. The number of nitrogens with one attached hydrogen (secondary N) is 2. The molecule has 1 amide bonds. The molecule has 4 N–H and O–H groups in total. The lowest BCUT2D eigenvalue weighted by Crippen LogP contribution is -2.45. The third-order valence-corrected chi connectivity index (χ3v) is 2.86. The van der Waals surface area contributed by atoms with Gasteiger partial charge in [-0.3, -0.25) is 4.79 Å². The molecule has 6 nitrogen and oxygen atoms in total. The average Bonchev–Trinajstić information content (AvgIpc) is 2.35. The second-order valence-corrected chi connectivity index (χ2v) is 5.35. The summed E-state index contributed by atoms with van der Waals surface area (Å²) in [5.41, 5.74) is 4.53. The van der Waals surface area contributed by atoms with Crippen LogP contribution in [0.3, 0.4) is 0 Å². The van der Waals surface area contributed by atoms with E-state index in [9.17, 15) is 4.79 Å². The molecule has 0 spiro atoms. The monoisotopic (exact) mass is 279 g/mol. The number of hydrogen-bond acceptors (Lipinski definition) is 5. The second-order valence-electron chi connectivity index (χ2n) is 5.35. The molecule has 112 valence electrons. The van der Waals surface area contributed by atoms with Gasteiger partial charge >= 0.3 is 0 Å². The van der Waals surface area contributed by atoms with Crippen molar-refractivity contribution >= 4 is 17.5 Å². The molecule has 20 heavy (non-hydrogen) atoms. The summed E-state index contributed by atoms with van der Waals surface area (Å²) in [7, 11) is 0. The maximum Gasteiger partial charge on any atom is 0.242 e. The van der Waals surface area contributed by atoms with Gasteiger partial charge in [-0.2, -0.15) is 0 Å². The van der Waals surface area contributed by atoms with Crippen molar-refractivity contribution < 1.29 is 4.79 Å². The van der Waals surface area contributed by atoms with Crippen LogP contribution in [0, 0.1) is 0 Å². The van der Waals surface area contributed by atoms with Crippen LogP contribution in [0.4, 0.5) is 11.6 Å². The molecule has 0 fully saturated rings. The first-order valence-corrected chi connectivity index (χ1v) is 7.09. The highest BCUT2D eigenvalue weighted by Gasteiger charge is 2.25. The fourth-order valence-electron chi connectivity index (χ4n) is 1.62. The summed E-state index contributed by atoms with van der Waals surface area (Å²) in [4.78, 5) is 20.3. The van der Waals surface area contributed by atoms with Crippen molar-refractivity contribution in [1.29, 1.82) is 0 Å². The summed E-state index contributed by atoms with van der Waals surface area (Å²) >= 11 is 0. The SMILES string of the molecule is CCCNc1cc(NC(C)(C)C(N)=O)nc(CCC)n1. The highest BCUT2D eigenvalue weighted by molar-refractivity contribution is 5.86. The van der Waals surface area contributed by atoms with Crippen molar-refractivity contribution in [3.05, 3.63) is 11.9 Å². The number of aryl methyl sites for hydroxylation is 1. The Hall–Kier alpha value is -1.85. The predicted octanol–water partition coefficient (Wildman–Crippen LogP) is 1.93. The molecular weight excluding hydrogens is 254 g/mol. The van der Waals surface area contributed by atoms with Gasteiger partial charge in [-0.1, -0.05) is 13.8 Å². The summed E-state index contributed by atoms with van der Waals surface area (Å²) in [5.74, 6) is 1.73. The minimum absolute atomic E-state index is 0.420. The lowest BCUT2D eigenvalue weighted by atomic mass is 10.1. The number of nitrogens with zero attached hydrogens (tertiary/aromatic N) is 2. The van der Waals surface area contributed by atoms with Crippen molar-refractivity contribution in [3.63, 3.8) is 0 Å². The van der Waals surface area contributed by atoms with Crippen LogP contribution in [0.15, 0.2) is 6.07 Å². The molecular formula is C14H25N5O. The first-order chi connectivity index (χ1) is 9.39. The number of hydrogen-bond donors (Lipinski definition) is 3. The van der Waals surface area contributed by atoms with Crippen molar-refractivity contribution in [2.45, 2.75) is 52.5 Å². The molecule has 1 rings (SSSR count). The van der Waals surface area contributed by atoms with Gasteiger partial charge in [-0.25, -0.2) is 9.97 Å². The Balaban J connectivity index is 2.98. The van der Waals surface area contributed by atoms with Gasteiger partial charge in [0.2, 0.25) is 5.91 Å². The number of primary amides is 1. The summed E-state index contributed by atoms with van der Waals surface area (Å²) < 4.78 is 0. The molecule has 0 saturated carbocycles. The number of carbonyl (C=O) groups excluding carboxylic acids is 1. The predicted molar refractivity (Wildman–Crippen MR) is 81.7 cm³/mol. The van der Waals surface area contributed by atoms with E-state index in [0.717, 1.165) is 37.4 Å². The van der Waals surface area contributed by atoms with E-state index in [4.69, 9.17) is 5.73 Å². The van der Waals surface area contributed by atoms with Gasteiger partial charge in [-0.15, -0.1) is 0 Å². The van der Waals surface area contributed by atoms with Crippen LogP contribution in [0.1, 0.15) is 46.4 Å². The van der Waals surface area contributed by atoms with Gasteiger partial charge in [0, 0.05) is 19.0 Å². The fraction of sp³-hybridized carbons (Fsp3) is 0.643. The molecule has 0 bridgehead atoms. The highest BCUT2D eigenvalue weighted by Crippen LogP contribution is 2.17. The Morgan fingerprint density at radius 2 is 1.90 bits per heavy atom. The number of rotatable bonds is 8. The zero-order valence-corrected chi connectivity index (χ0v) is 12.8. The van der Waals surface area contributed by atoms with Crippen molar-refractivity contribution in [2.24, 2.45) is 5.73 Å². The summed E-state index contributed by atoms with van der Waals surface area (Å²) in [5, 5.41) is 6.31. The van der Waals surface area contributed by atoms with E-state index in [-0.39, 0.29) is 0 Å². The number of amides is 1. The molecule has 1 aromatic heterocycles. The summed E-state index contributed by atoms with van der Waals surface area (Å²) in [6, 6.07) is 1.81.